The highest BCUT2D eigenvalue weighted by molar-refractivity contribution is 6.08. The molecule has 4 heteroatoms. The minimum absolute atomic E-state index is 0.0899. The van der Waals surface area contributed by atoms with Crippen LogP contribution in [-0.4, -0.2) is 12.9 Å². The van der Waals surface area contributed by atoms with Crippen LogP contribution in [0.5, 0.6) is 5.75 Å². The van der Waals surface area contributed by atoms with Gasteiger partial charge in [-0.05, 0) is 31.1 Å². The number of benzene rings is 1. The summed E-state index contributed by atoms with van der Waals surface area (Å²) in [4.78, 5) is 24.1. The van der Waals surface area contributed by atoms with Crippen molar-refractivity contribution < 1.29 is 13.9 Å². The molecule has 0 bridgehead atoms. The molecule has 0 saturated heterocycles. The predicted molar refractivity (Wildman–Crippen MR) is 80.8 cm³/mol. The van der Waals surface area contributed by atoms with Gasteiger partial charge in [0.1, 0.15) is 17.1 Å². The molecule has 4 nitrogen and oxygen atoms in total. The molecule has 0 aliphatic rings. The first kappa shape index (κ1) is 14.8. The van der Waals surface area contributed by atoms with E-state index in [9.17, 15) is 9.59 Å². The molecule has 0 atom stereocenters. The molecule has 0 N–H and O–H groups in total. The van der Waals surface area contributed by atoms with Crippen LogP contribution in [0.3, 0.4) is 0 Å². The van der Waals surface area contributed by atoms with E-state index in [4.69, 9.17) is 9.15 Å². The van der Waals surface area contributed by atoms with Crippen LogP contribution in [0.15, 0.2) is 45.6 Å². The van der Waals surface area contributed by atoms with E-state index < -0.39 is 11.4 Å². The third-order valence-corrected chi connectivity index (χ3v) is 3.11. The minimum atomic E-state index is -0.689. The molecule has 0 aliphatic carbocycles. The maximum atomic E-state index is 12.2. The largest absolute Gasteiger partial charge is 0.496 e. The third-order valence-electron chi connectivity index (χ3n) is 3.11. The number of hydrogen-bond donors (Lipinski definition) is 0. The van der Waals surface area contributed by atoms with Gasteiger partial charge in [0.25, 0.3) is 0 Å². The van der Waals surface area contributed by atoms with Crippen molar-refractivity contribution in [3.05, 3.63) is 69.3 Å². The second-order valence-electron chi connectivity index (χ2n) is 4.64. The highest BCUT2D eigenvalue weighted by Gasteiger charge is 2.17. The second kappa shape index (κ2) is 6.22. The highest BCUT2D eigenvalue weighted by Crippen LogP contribution is 2.18. The number of aryl methyl sites for hydroxylation is 2. The quantitative estimate of drug-likeness (QED) is 0.639. The van der Waals surface area contributed by atoms with E-state index in [1.165, 1.54) is 19.3 Å². The zero-order valence-corrected chi connectivity index (χ0v) is 12.2. The first-order valence-corrected chi connectivity index (χ1v) is 6.49. The van der Waals surface area contributed by atoms with Crippen molar-refractivity contribution in [2.75, 3.05) is 7.11 Å². The van der Waals surface area contributed by atoms with Crippen LogP contribution in [-0.2, 0) is 0 Å². The average Bonchev–Trinajstić information content (AvgIpc) is 2.45. The first-order valence-electron chi connectivity index (χ1n) is 6.49. The van der Waals surface area contributed by atoms with Gasteiger partial charge < -0.3 is 9.15 Å². The number of methoxy groups -OCH3 is 1. The standard InChI is InChI=1S/C17H16O4/c1-11-6-4-5-7-13(11)8-9-14(18)16-15(20-3)10-12(2)21-17(16)19/h4-10H,1-3H3. The average molecular weight is 284 g/mol. The Morgan fingerprint density at radius 2 is 1.95 bits per heavy atom. The molecule has 1 heterocycles. The molecule has 0 aliphatic heterocycles. The van der Waals surface area contributed by atoms with Gasteiger partial charge in [0, 0.05) is 6.07 Å². The number of carbonyl (C=O) groups is 1. The Morgan fingerprint density at radius 3 is 2.62 bits per heavy atom. The summed E-state index contributed by atoms with van der Waals surface area (Å²) >= 11 is 0. The van der Waals surface area contributed by atoms with E-state index in [1.54, 1.807) is 13.0 Å². The molecule has 21 heavy (non-hydrogen) atoms. The molecule has 0 amide bonds. The Morgan fingerprint density at radius 1 is 1.24 bits per heavy atom. The monoisotopic (exact) mass is 284 g/mol. The topological polar surface area (TPSA) is 56.5 Å². The molecule has 1 aromatic heterocycles. The van der Waals surface area contributed by atoms with E-state index in [2.05, 4.69) is 0 Å². The summed E-state index contributed by atoms with van der Waals surface area (Å²) in [5.41, 5.74) is 1.19. The van der Waals surface area contributed by atoms with Crippen molar-refractivity contribution in [3.63, 3.8) is 0 Å². The van der Waals surface area contributed by atoms with E-state index in [-0.39, 0.29) is 11.3 Å². The van der Waals surface area contributed by atoms with E-state index in [1.807, 2.05) is 31.2 Å². The number of ketones is 1. The van der Waals surface area contributed by atoms with Crippen molar-refractivity contribution in [3.8, 4) is 5.75 Å². The van der Waals surface area contributed by atoms with Gasteiger partial charge in [-0.1, -0.05) is 30.3 Å². The lowest BCUT2D eigenvalue weighted by Crippen LogP contribution is -2.14. The van der Waals surface area contributed by atoms with Gasteiger partial charge in [0.2, 0.25) is 0 Å². The lowest BCUT2D eigenvalue weighted by atomic mass is 10.1. The maximum Gasteiger partial charge on any atom is 0.351 e. The SMILES string of the molecule is COc1cc(C)oc(=O)c1C(=O)C=Cc1ccccc1C. The fraction of sp³-hybridized carbons (Fsp3) is 0.176. The summed E-state index contributed by atoms with van der Waals surface area (Å²) in [6.07, 6.45) is 3.03. The number of ether oxygens (including phenoxy) is 1. The van der Waals surface area contributed by atoms with Crippen molar-refractivity contribution in [2.24, 2.45) is 0 Å². The van der Waals surface area contributed by atoms with Gasteiger partial charge in [-0.2, -0.15) is 0 Å². The number of rotatable bonds is 4. The molecule has 2 rings (SSSR count). The molecule has 0 unspecified atom stereocenters. The van der Waals surface area contributed by atoms with Crippen LogP contribution in [0, 0.1) is 13.8 Å². The Balaban J connectivity index is 2.38. The molecule has 0 saturated carbocycles. The molecule has 108 valence electrons. The Hall–Kier alpha value is -2.62. The number of allylic oxidation sites excluding steroid dienone is 1. The van der Waals surface area contributed by atoms with Gasteiger partial charge in [-0.25, -0.2) is 4.79 Å². The summed E-state index contributed by atoms with van der Waals surface area (Å²) in [7, 11) is 1.41. The summed E-state index contributed by atoms with van der Waals surface area (Å²) in [5.74, 6) is 0.184. The van der Waals surface area contributed by atoms with E-state index in [0.717, 1.165) is 11.1 Å². The van der Waals surface area contributed by atoms with Gasteiger partial charge >= 0.3 is 5.63 Å². The van der Waals surface area contributed by atoms with Crippen LogP contribution in [0.1, 0.15) is 27.2 Å². The summed E-state index contributed by atoms with van der Waals surface area (Å²) in [6, 6.07) is 9.18. The summed E-state index contributed by atoms with van der Waals surface area (Å²) in [6.45, 7) is 3.58. The van der Waals surface area contributed by atoms with Crippen molar-refractivity contribution in [1.82, 2.24) is 0 Å². The fourth-order valence-electron chi connectivity index (χ4n) is 1.99. The second-order valence-corrected chi connectivity index (χ2v) is 4.64. The van der Waals surface area contributed by atoms with Gasteiger partial charge in [0.15, 0.2) is 5.78 Å². The lowest BCUT2D eigenvalue weighted by molar-refractivity contribution is 0.104. The molecular formula is C17H16O4. The third kappa shape index (κ3) is 3.28. The molecule has 0 radical (unpaired) electrons. The summed E-state index contributed by atoms with van der Waals surface area (Å²) < 4.78 is 10.0. The highest BCUT2D eigenvalue weighted by atomic mass is 16.5. The van der Waals surface area contributed by atoms with Crippen molar-refractivity contribution in [1.29, 1.82) is 0 Å². The van der Waals surface area contributed by atoms with Crippen LogP contribution < -0.4 is 10.4 Å². The van der Waals surface area contributed by atoms with E-state index in [0.29, 0.717) is 5.76 Å². The molecule has 0 fully saturated rings. The molecule has 2 aromatic rings. The Labute approximate surface area is 122 Å². The van der Waals surface area contributed by atoms with Gasteiger partial charge in [0.05, 0.1) is 7.11 Å². The summed E-state index contributed by atoms with van der Waals surface area (Å²) in [5, 5.41) is 0. The fourth-order valence-corrected chi connectivity index (χ4v) is 1.99. The van der Waals surface area contributed by atoms with Crippen molar-refractivity contribution >= 4 is 11.9 Å². The first-order chi connectivity index (χ1) is 10.0. The molecular weight excluding hydrogens is 268 g/mol. The molecule has 1 aromatic carbocycles. The minimum Gasteiger partial charge on any atom is -0.496 e. The number of carbonyl (C=O) groups excluding carboxylic acids is 1. The number of hydrogen-bond acceptors (Lipinski definition) is 4. The predicted octanol–water partition coefficient (Wildman–Crippen LogP) is 3.16. The maximum absolute atomic E-state index is 12.2. The van der Waals surface area contributed by atoms with Crippen LogP contribution >= 0.6 is 0 Å². The van der Waals surface area contributed by atoms with E-state index >= 15 is 0 Å². The van der Waals surface area contributed by atoms with Gasteiger partial charge in [-0.3, -0.25) is 4.79 Å². The Kier molecular flexibility index (Phi) is 4.38. The molecule has 0 spiro atoms. The van der Waals surface area contributed by atoms with Crippen LogP contribution in [0.25, 0.3) is 6.08 Å². The zero-order valence-electron chi connectivity index (χ0n) is 12.2. The van der Waals surface area contributed by atoms with Crippen LogP contribution in [0.4, 0.5) is 0 Å². The van der Waals surface area contributed by atoms with Crippen molar-refractivity contribution in [2.45, 2.75) is 13.8 Å². The smallest absolute Gasteiger partial charge is 0.351 e. The van der Waals surface area contributed by atoms with Gasteiger partial charge in [-0.15, -0.1) is 0 Å². The van der Waals surface area contributed by atoms with Crippen LogP contribution in [0.2, 0.25) is 0 Å². The lowest BCUT2D eigenvalue weighted by Gasteiger charge is -2.05. The normalized spacial score (nSPS) is 10.8. The zero-order chi connectivity index (χ0) is 15.4. The Bertz CT molecular complexity index is 754.